The summed E-state index contributed by atoms with van der Waals surface area (Å²) in [7, 11) is 0. The fourth-order valence-corrected chi connectivity index (χ4v) is 3.16. The van der Waals surface area contributed by atoms with Crippen LogP contribution in [0.2, 0.25) is 0 Å². The number of nitrogens with zero attached hydrogens (tertiary/aromatic N) is 2. The topological polar surface area (TPSA) is 56.1 Å². The van der Waals surface area contributed by atoms with Crippen molar-refractivity contribution in [1.82, 2.24) is 9.78 Å². The summed E-state index contributed by atoms with van der Waals surface area (Å²) in [5, 5.41) is 7.43. The van der Waals surface area contributed by atoms with Gasteiger partial charge in [-0.15, -0.1) is 0 Å². The maximum Gasteiger partial charge on any atom is 0.236 e. The van der Waals surface area contributed by atoms with Gasteiger partial charge in [0.2, 0.25) is 5.91 Å². The van der Waals surface area contributed by atoms with E-state index < -0.39 is 5.41 Å². The predicted octanol–water partition coefficient (Wildman–Crippen LogP) is 3.94. The van der Waals surface area contributed by atoms with Crippen molar-refractivity contribution in [2.24, 2.45) is 0 Å². The van der Waals surface area contributed by atoms with E-state index in [-0.39, 0.29) is 5.91 Å². The lowest BCUT2D eigenvalue weighted by Crippen LogP contribution is -2.28. The first-order valence-corrected chi connectivity index (χ1v) is 8.87. The molecule has 3 aromatic rings. The molecule has 0 spiro atoms. The molecule has 1 amide bonds. The van der Waals surface area contributed by atoms with Gasteiger partial charge >= 0.3 is 0 Å². The maximum absolute atomic E-state index is 12.9. The normalized spacial score (nSPS) is 14.7. The van der Waals surface area contributed by atoms with Gasteiger partial charge in [-0.2, -0.15) is 5.10 Å². The zero-order valence-electron chi connectivity index (χ0n) is 14.7. The molecule has 1 aliphatic rings. The van der Waals surface area contributed by atoms with E-state index in [0.29, 0.717) is 12.4 Å². The lowest BCUT2D eigenvalue weighted by molar-refractivity contribution is -0.118. The summed E-state index contributed by atoms with van der Waals surface area (Å²) in [4.78, 5) is 12.9. The number of carbonyl (C=O) groups is 1. The number of hydrogen-bond acceptors (Lipinski definition) is 3. The summed E-state index contributed by atoms with van der Waals surface area (Å²) < 4.78 is 7.24. The molecule has 1 N–H and O–H groups in total. The van der Waals surface area contributed by atoms with E-state index in [0.717, 1.165) is 29.8 Å². The number of anilines is 1. The van der Waals surface area contributed by atoms with Crippen molar-refractivity contribution in [3.05, 3.63) is 72.4 Å². The average molecular weight is 347 g/mol. The highest BCUT2D eigenvalue weighted by molar-refractivity contribution is 6.00. The van der Waals surface area contributed by atoms with Gasteiger partial charge in [-0.3, -0.25) is 4.79 Å². The molecule has 0 aliphatic heterocycles. The molecular weight excluding hydrogens is 326 g/mol. The number of nitrogens with one attached hydrogen (secondary N) is 1. The smallest absolute Gasteiger partial charge is 0.236 e. The number of ether oxygens (including phenoxy) is 1. The van der Waals surface area contributed by atoms with Crippen LogP contribution in [0.15, 0.2) is 66.9 Å². The molecule has 0 saturated heterocycles. The second-order valence-corrected chi connectivity index (χ2v) is 6.47. The molecule has 1 aromatic heterocycles. The van der Waals surface area contributed by atoms with Crippen LogP contribution in [0, 0.1) is 0 Å². The summed E-state index contributed by atoms with van der Waals surface area (Å²) >= 11 is 0. The molecule has 1 fully saturated rings. The molecule has 0 radical (unpaired) electrons. The van der Waals surface area contributed by atoms with Gasteiger partial charge in [-0.1, -0.05) is 30.3 Å². The number of hydrogen-bond donors (Lipinski definition) is 1. The largest absolute Gasteiger partial charge is 0.494 e. The van der Waals surface area contributed by atoms with Crippen LogP contribution in [0.5, 0.6) is 5.75 Å². The molecule has 1 heterocycles. The van der Waals surface area contributed by atoms with Crippen LogP contribution < -0.4 is 10.1 Å². The fourth-order valence-electron chi connectivity index (χ4n) is 3.16. The van der Waals surface area contributed by atoms with Gasteiger partial charge < -0.3 is 10.1 Å². The van der Waals surface area contributed by atoms with Crippen LogP contribution in [0.1, 0.15) is 25.3 Å². The van der Waals surface area contributed by atoms with Crippen molar-refractivity contribution in [3.63, 3.8) is 0 Å². The Bertz CT molecular complexity index is 897. The lowest BCUT2D eigenvalue weighted by atomic mass is 9.95. The summed E-state index contributed by atoms with van der Waals surface area (Å²) in [6.45, 7) is 2.59. The molecule has 0 unspecified atom stereocenters. The van der Waals surface area contributed by atoms with Crippen molar-refractivity contribution in [1.29, 1.82) is 0 Å². The number of aromatic nitrogens is 2. The minimum atomic E-state index is -0.443. The Morgan fingerprint density at radius 1 is 1.12 bits per heavy atom. The molecular formula is C21H21N3O2. The number of para-hydroxylation sites is 1. The van der Waals surface area contributed by atoms with Gasteiger partial charge in [0.15, 0.2) is 5.82 Å². The molecule has 0 bridgehead atoms. The Hall–Kier alpha value is -3.08. The van der Waals surface area contributed by atoms with Gasteiger partial charge in [0.05, 0.1) is 17.7 Å². The lowest BCUT2D eigenvalue weighted by Gasteiger charge is -2.15. The molecule has 0 atom stereocenters. The van der Waals surface area contributed by atoms with Crippen molar-refractivity contribution in [3.8, 4) is 11.4 Å². The van der Waals surface area contributed by atoms with Gasteiger partial charge in [-0.25, -0.2) is 4.68 Å². The third-order valence-electron chi connectivity index (χ3n) is 4.75. The van der Waals surface area contributed by atoms with E-state index in [1.807, 2.05) is 73.8 Å². The van der Waals surface area contributed by atoms with Crippen LogP contribution >= 0.6 is 0 Å². The SMILES string of the molecule is CCOc1ccc(C2(C(=O)Nc3ccn(-c4ccccc4)n3)CC2)cc1. The second-order valence-electron chi connectivity index (χ2n) is 6.47. The first-order chi connectivity index (χ1) is 12.7. The summed E-state index contributed by atoms with van der Waals surface area (Å²) in [5.74, 6) is 1.39. The fraction of sp³-hybridized carbons (Fsp3) is 0.238. The highest BCUT2D eigenvalue weighted by atomic mass is 16.5. The number of benzene rings is 2. The molecule has 1 saturated carbocycles. The first kappa shape index (κ1) is 16.4. The van der Waals surface area contributed by atoms with Crippen molar-refractivity contribution >= 4 is 11.7 Å². The highest BCUT2D eigenvalue weighted by Crippen LogP contribution is 2.49. The Labute approximate surface area is 152 Å². The van der Waals surface area contributed by atoms with Crippen molar-refractivity contribution in [2.75, 3.05) is 11.9 Å². The zero-order chi connectivity index (χ0) is 18.0. The van der Waals surface area contributed by atoms with Gasteiger partial charge in [0.25, 0.3) is 0 Å². The van der Waals surface area contributed by atoms with Crippen LogP contribution in [-0.2, 0) is 10.2 Å². The quantitative estimate of drug-likeness (QED) is 0.735. The Balaban J connectivity index is 1.49. The third-order valence-corrected chi connectivity index (χ3v) is 4.75. The molecule has 4 rings (SSSR count). The minimum absolute atomic E-state index is 0.0000263. The standard InChI is InChI=1S/C21H21N3O2/c1-2-26-18-10-8-16(9-11-18)21(13-14-21)20(25)22-19-12-15-24(23-19)17-6-4-3-5-7-17/h3-12,15H,2,13-14H2,1H3,(H,22,23,25). The first-order valence-electron chi connectivity index (χ1n) is 8.87. The van der Waals surface area contributed by atoms with E-state index in [2.05, 4.69) is 10.4 Å². The summed E-state index contributed by atoms with van der Waals surface area (Å²) in [6.07, 6.45) is 3.56. The molecule has 5 nitrogen and oxygen atoms in total. The molecule has 2 aromatic carbocycles. The van der Waals surface area contributed by atoms with Crippen LogP contribution in [0.4, 0.5) is 5.82 Å². The van der Waals surface area contributed by atoms with Gasteiger partial charge in [-0.05, 0) is 49.6 Å². The van der Waals surface area contributed by atoms with Crippen LogP contribution in [0.25, 0.3) is 5.69 Å². The Morgan fingerprint density at radius 2 is 1.85 bits per heavy atom. The highest BCUT2D eigenvalue weighted by Gasteiger charge is 2.51. The number of amides is 1. The Morgan fingerprint density at radius 3 is 2.50 bits per heavy atom. The van der Waals surface area contributed by atoms with Crippen molar-refractivity contribution in [2.45, 2.75) is 25.2 Å². The van der Waals surface area contributed by atoms with E-state index in [9.17, 15) is 4.79 Å². The second kappa shape index (κ2) is 6.67. The predicted molar refractivity (Wildman–Crippen MR) is 101 cm³/mol. The van der Waals surface area contributed by atoms with Crippen LogP contribution in [-0.4, -0.2) is 22.3 Å². The van der Waals surface area contributed by atoms with Crippen molar-refractivity contribution < 1.29 is 9.53 Å². The number of carbonyl (C=O) groups excluding carboxylic acids is 1. The third kappa shape index (κ3) is 3.08. The van der Waals surface area contributed by atoms with E-state index in [1.54, 1.807) is 4.68 Å². The van der Waals surface area contributed by atoms with E-state index in [4.69, 9.17) is 4.74 Å². The van der Waals surface area contributed by atoms with E-state index >= 15 is 0 Å². The summed E-state index contributed by atoms with van der Waals surface area (Å²) in [5.41, 5.74) is 1.54. The monoisotopic (exact) mass is 347 g/mol. The molecule has 1 aliphatic carbocycles. The summed E-state index contributed by atoms with van der Waals surface area (Å²) in [6, 6.07) is 19.5. The average Bonchev–Trinajstić information content (AvgIpc) is 3.36. The molecule has 26 heavy (non-hydrogen) atoms. The van der Waals surface area contributed by atoms with E-state index in [1.165, 1.54) is 0 Å². The van der Waals surface area contributed by atoms with Gasteiger partial charge in [0, 0.05) is 12.3 Å². The van der Waals surface area contributed by atoms with Gasteiger partial charge in [0.1, 0.15) is 5.75 Å². The maximum atomic E-state index is 12.9. The zero-order valence-corrected chi connectivity index (χ0v) is 14.7. The Kier molecular flexibility index (Phi) is 4.21. The van der Waals surface area contributed by atoms with Crippen LogP contribution in [0.3, 0.4) is 0 Å². The number of rotatable bonds is 6. The molecule has 132 valence electrons. The minimum Gasteiger partial charge on any atom is -0.494 e. The molecule has 5 heteroatoms.